The Morgan fingerprint density at radius 1 is 0.412 bits per heavy atom. The third-order valence-electron chi connectivity index (χ3n) is 16.2. The second kappa shape index (κ2) is 15.5. The minimum Gasteiger partial charge on any atom is -0.0984 e. The molecule has 3 aliphatic carbocycles. The van der Waals surface area contributed by atoms with Crippen LogP contribution in [0.2, 0.25) is 0 Å². The van der Waals surface area contributed by atoms with Crippen molar-refractivity contribution in [3.05, 3.63) is 233 Å². The molecule has 0 aromatic heterocycles. The molecular weight excluding hydrogens is 817 g/mol. The Kier molecular flexibility index (Phi) is 9.55. The molecule has 0 fully saturated rings. The molecule has 3 aliphatic rings. The molecular formula is C68H56. The highest BCUT2D eigenvalue weighted by Gasteiger charge is 2.38. The second-order valence-corrected chi connectivity index (χ2v) is 20.4. The summed E-state index contributed by atoms with van der Waals surface area (Å²) in [6, 6.07) is 57.4. The van der Waals surface area contributed by atoms with Crippen molar-refractivity contribution in [3.8, 4) is 66.8 Å². The number of rotatable bonds is 7. The summed E-state index contributed by atoms with van der Waals surface area (Å²) in [7, 11) is 0. The molecule has 0 unspecified atom stereocenters. The summed E-state index contributed by atoms with van der Waals surface area (Å²) in [4.78, 5) is 0. The van der Waals surface area contributed by atoms with Crippen molar-refractivity contribution < 1.29 is 0 Å². The fourth-order valence-electron chi connectivity index (χ4n) is 12.6. The quantitative estimate of drug-likeness (QED) is 0.150. The van der Waals surface area contributed by atoms with Gasteiger partial charge in [0.2, 0.25) is 0 Å². The number of benzene rings is 9. The van der Waals surface area contributed by atoms with Crippen LogP contribution in [-0.2, 0) is 10.8 Å². The Balaban J connectivity index is 0.919. The zero-order valence-electron chi connectivity index (χ0n) is 40.1. The molecule has 12 rings (SSSR count). The fraction of sp³-hybridized carbons (Fsp3) is 0.147. The summed E-state index contributed by atoms with van der Waals surface area (Å²) in [6.07, 6.45) is 13.1. The van der Waals surface area contributed by atoms with Gasteiger partial charge < -0.3 is 0 Å². The molecule has 9 aromatic rings. The van der Waals surface area contributed by atoms with Gasteiger partial charge in [0.15, 0.2) is 0 Å². The highest BCUT2D eigenvalue weighted by molar-refractivity contribution is 6.12. The summed E-state index contributed by atoms with van der Waals surface area (Å²) < 4.78 is 0. The van der Waals surface area contributed by atoms with E-state index in [1.54, 1.807) is 0 Å². The van der Waals surface area contributed by atoms with Crippen LogP contribution in [0.25, 0.3) is 106 Å². The third-order valence-corrected chi connectivity index (χ3v) is 16.2. The molecule has 68 heavy (non-hydrogen) atoms. The van der Waals surface area contributed by atoms with Crippen LogP contribution in [-0.4, -0.2) is 0 Å². The fourth-order valence-corrected chi connectivity index (χ4v) is 12.6. The summed E-state index contributed by atoms with van der Waals surface area (Å²) in [6.45, 7) is 23.0. The topological polar surface area (TPSA) is 0 Å². The van der Waals surface area contributed by atoms with Crippen molar-refractivity contribution in [2.75, 3.05) is 0 Å². The van der Waals surface area contributed by atoms with Crippen molar-refractivity contribution in [1.82, 2.24) is 0 Å². The van der Waals surface area contributed by atoms with Crippen LogP contribution < -0.4 is 0 Å². The Morgan fingerprint density at radius 3 is 1.35 bits per heavy atom. The van der Waals surface area contributed by atoms with E-state index in [-0.39, 0.29) is 10.8 Å². The van der Waals surface area contributed by atoms with E-state index in [4.69, 9.17) is 0 Å². The molecule has 0 heteroatoms. The molecule has 0 radical (unpaired) electrons. The van der Waals surface area contributed by atoms with Gasteiger partial charge in [0.05, 0.1) is 0 Å². The van der Waals surface area contributed by atoms with Gasteiger partial charge in [-0.1, -0.05) is 205 Å². The number of hydrogen-bond donors (Lipinski definition) is 0. The summed E-state index contributed by atoms with van der Waals surface area (Å²) in [5, 5.41) is 5.11. The van der Waals surface area contributed by atoms with Crippen LogP contribution in [0.4, 0.5) is 0 Å². The van der Waals surface area contributed by atoms with Crippen LogP contribution in [0.3, 0.4) is 0 Å². The Morgan fingerprint density at radius 2 is 0.824 bits per heavy atom. The van der Waals surface area contributed by atoms with Gasteiger partial charge in [-0.15, -0.1) is 0 Å². The molecule has 0 aliphatic heterocycles. The summed E-state index contributed by atoms with van der Waals surface area (Å²) in [5.74, 6) is 0. The van der Waals surface area contributed by atoms with E-state index >= 15 is 0 Å². The van der Waals surface area contributed by atoms with E-state index in [0.29, 0.717) is 0 Å². The molecule has 328 valence electrons. The monoisotopic (exact) mass is 872 g/mol. The first-order valence-corrected chi connectivity index (χ1v) is 24.4. The first-order chi connectivity index (χ1) is 33.0. The lowest BCUT2D eigenvalue weighted by atomic mass is 9.78. The third kappa shape index (κ3) is 6.06. The van der Waals surface area contributed by atoms with Crippen LogP contribution in [0.1, 0.15) is 90.6 Å². The van der Waals surface area contributed by atoms with Gasteiger partial charge in [-0.3, -0.25) is 0 Å². The molecule has 0 nitrogen and oxygen atoms in total. The van der Waals surface area contributed by atoms with Gasteiger partial charge in [-0.05, 0) is 189 Å². The van der Waals surface area contributed by atoms with Crippen LogP contribution in [0.15, 0.2) is 183 Å². The Hall–Kier alpha value is -7.54. The zero-order valence-corrected chi connectivity index (χ0v) is 40.1. The predicted octanol–water partition coefficient (Wildman–Crippen LogP) is 18.9. The molecule has 0 atom stereocenters. The highest BCUT2D eigenvalue weighted by Crippen LogP contribution is 2.54. The standard InChI is InChI=1S/C68H56/c1-9-49-50(10-2)66(58-26-17-16-25-57(58)65(49)47-33-36-52-51-22-18-19-27-59(51)67(5,6)61(52)39-47)48-34-37-54-53-35-32-46(38-60(53)68(7,8)62(54)40-48)43-28-30-45(31-29-43)64-42(4)41(3)63(44-20-12-11-13-21-44)55-23-14-15-24-56(55)64/h9-12,14-20,22-40H,1-2,13,21H2,3-8H3. The zero-order chi connectivity index (χ0) is 46.6. The molecule has 9 aromatic carbocycles. The number of fused-ring (bicyclic) bond motifs is 8. The first kappa shape index (κ1) is 41.9. The van der Waals surface area contributed by atoms with E-state index in [9.17, 15) is 0 Å². The van der Waals surface area contributed by atoms with E-state index in [2.05, 4.69) is 225 Å². The number of hydrogen-bond acceptors (Lipinski definition) is 0. The minimum atomic E-state index is -0.213. The van der Waals surface area contributed by atoms with Gasteiger partial charge in [0.1, 0.15) is 0 Å². The lowest BCUT2D eigenvalue weighted by Gasteiger charge is -2.25. The molecule has 0 bridgehead atoms. The smallest absolute Gasteiger partial charge is 0.0159 e. The van der Waals surface area contributed by atoms with E-state index in [1.807, 2.05) is 12.2 Å². The molecule has 0 saturated carbocycles. The number of allylic oxidation sites excluding steroid dienone is 4. The van der Waals surface area contributed by atoms with Gasteiger partial charge >= 0.3 is 0 Å². The summed E-state index contributed by atoms with van der Waals surface area (Å²) >= 11 is 0. The summed E-state index contributed by atoms with van der Waals surface area (Å²) in [5.41, 5.74) is 28.2. The van der Waals surface area contributed by atoms with Gasteiger partial charge in [-0.2, -0.15) is 0 Å². The van der Waals surface area contributed by atoms with Crippen molar-refractivity contribution in [3.63, 3.8) is 0 Å². The molecule has 0 saturated heterocycles. The Labute approximate surface area is 402 Å². The normalized spacial score (nSPS) is 14.9. The van der Waals surface area contributed by atoms with E-state index in [0.717, 1.165) is 24.0 Å². The predicted molar refractivity (Wildman–Crippen MR) is 294 cm³/mol. The van der Waals surface area contributed by atoms with Crippen LogP contribution >= 0.6 is 0 Å². The van der Waals surface area contributed by atoms with Gasteiger partial charge in [0, 0.05) is 10.8 Å². The average molecular weight is 873 g/mol. The SMILES string of the molecule is C=Cc1c(C=C)c(-c2ccc3c(c2)C(C)(C)c2cc(-c4ccc(-c5c(C)c(C)c(C6=CC=CCC6)c6ccccc56)cc4)ccc2-3)c2ccccc2c1-c1ccc2c(c1)C(C)(C)c1ccccc1-2. The minimum absolute atomic E-state index is 0.0974. The molecule has 0 N–H and O–H groups in total. The van der Waals surface area contributed by atoms with Crippen molar-refractivity contribution >= 4 is 39.3 Å². The second-order valence-electron chi connectivity index (χ2n) is 20.4. The van der Waals surface area contributed by atoms with E-state index < -0.39 is 0 Å². The lowest BCUT2D eigenvalue weighted by molar-refractivity contribution is 0.660. The lowest BCUT2D eigenvalue weighted by Crippen LogP contribution is -2.15. The van der Waals surface area contributed by atoms with Gasteiger partial charge in [0.25, 0.3) is 0 Å². The van der Waals surface area contributed by atoms with Crippen molar-refractivity contribution in [1.29, 1.82) is 0 Å². The van der Waals surface area contributed by atoms with Crippen molar-refractivity contribution in [2.24, 2.45) is 0 Å². The maximum Gasteiger partial charge on any atom is 0.0159 e. The van der Waals surface area contributed by atoms with E-state index in [1.165, 1.54) is 133 Å². The van der Waals surface area contributed by atoms with Crippen LogP contribution in [0, 0.1) is 13.8 Å². The Bertz CT molecular complexity index is 3710. The average Bonchev–Trinajstić information content (AvgIpc) is 3.74. The molecule has 0 heterocycles. The largest absolute Gasteiger partial charge is 0.0984 e. The van der Waals surface area contributed by atoms with Gasteiger partial charge in [-0.25, -0.2) is 0 Å². The molecule has 0 spiro atoms. The molecule has 0 amide bonds. The first-order valence-electron chi connectivity index (χ1n) is 24.4. The van der Waals surface area contributed by atoms with Crippen molar-refractivity contribution in [2.45, 2.75) is 65.2 Å². The maximum atomic E-state index is 4.46. The maximum absolute atomic E-state index is 4.46. The highest BCUT2D eigenvalue weighted by atomic mass is 14.4. The van der Waals surface area contributed by atoms with Crippen LogP contribution in [0.5, 0.6) is 0 Å².